The number of primary sulfonamides is 1. The van der Waals surface area contributed by atoms with Gasteiger partial charge in [-0.25, -0.2) is 23.2 Å². The smallest absolute Gasteiger partial charge is 0.429 e. The SMILES string of the molecule is NS(=O)(=O)c1ccc(COC(=O)Oc2ccc(CON(O)O)cc2)cc1. The molecule has 10 nitrogen and oxygen atoms in total. The van der Waals surface area contributed by atoms with E-state index in [9.17, 15) is 13.2 Å². The summed E-state index contributed by atoms with van der Waals surface area (Å²) in [6.07, 6.45) is -0.943. The van der Waals surface area contributed by atoms with Crippen molar-refractivity contribution < 1.29 is 37.9 Å². The van der Waals surface area contributed by atoms with Gasteiger partial charge in [0.25, 0.3) is 0 Å². The van der Waals surface area contributed by atoms with Gasteiger partial charge in [-0.15, -0.1) is 0 Å². The van der Waals surface area contributed by atoms with Crippen LogP contribution >= 0.6 is 0 Å². The first-order valence-electron chi connectivity index (χ1n) is 7.10. The van der Waals surface area contributed by atoms with E-state index in [-0.39, 0.29) is 23.9 Å². The van der Waals surface area contributed by atoms with E-state index in [0.29, 0.717) is 11.1 Å². The van der Waals surface area contributed by atoms with Crippen molar-refractivity contribution in [3.05, 3.63) is 59.7 Å². The second kappa shape index (κ2) is 8.71. The van der Waals surface area contributed by atoms with Gasteiger partial charge in [0.15, 0.2) is 0 Å². The van der Waals surface area contributed by atoms with E-state index in [1.54, 1.807) is 12.1 Å². The zero-order valence-electron chi connectivity index (χ0n) is 13.3. The fraction of sp³-hybridized carbons (Fsp3) is 0.133. The molecule has 0 unspecified atom stereocenters. The van der Waals surface area contributed by atoms with Crippen LogP contribution in [0.2, 0.25) is 0 Å². The molecule has 140 valence electrons. The van der Waals surface area contributed by atoms with E-state index < -0.39 is 21.6 Å². The van der Waals surface area contributed by atoms with Crippen molar-refractivity contribution in [2.24, 2.45) is 5.14 Å². The molecule has 4 N–H and O–H groups in total. The molecule has 0 heterocycles. The summed E-state index contributed by atoms with van der Waals surface area (Å²) in [6.45, 7) is -0.204. The maximum Gasteiger partial charge on any atom is 0.514 e. The minimum absolute atomic E-state index is 0.0431. The predicted molar refractivity (Wildman–Crippen MR) is 85.3 cm³/mol. The van der Waals surface area contributed by atoms with Gasteiger partial charge in [-0.1, -0.05) is 24.3 Å². The summed E-state index contributed by atoms with van der Waals surface area (Å²) in [6, 6.07) is 11.6. The number of carbonyl (C=O) groups is 1. The van der Waals surface area contributed by atoms with Crippen LogP contribution in [0.1, 0.15) is 11.1 Å². The van der Waals surface area contributed by atoms with Gasteiger partial charge in [0.1, 0.15) is 12.4 Å². The van der Waals surface area contributed by atoms with Crippen molar-refractivity contribution in [3.63, 3.8) is 0 Å². The van der Waals surface area contributed by atoms with Gasteiger partial charge in [0, 0.05) is 0 Å². The Labute approximate surface area is 148 Å². The molecule has 0 radical (unpaired) electrons. The number of rotatable bonds is 7. The number of nitrogens with two attached hydrogens (primary N) is 1. The Morgan fingerprint density at radius 3 is 2.04 bits per heavy atom. The molecule has 0 aliphatic heterocycles. The lowest BCUT2D eigenvalue weighted by Gasteiger charge is -2.08. The maximum atomic E-state index is 11.7. The van der Waals surface area contributed by atoms with E-state index in [1.165, 1.54) is 36.4 Å². The third-order valence-corrected chi connectivity index (χ3v) is 4.01. The van der Waals surface area contributed by atoms with Crippen LogP contribution < -0.4 is 9.88 Å². The molecule has 11 heteroatoms. The molecule has 0 amide bonds. The second-order valence-corrected chi connectivity index (χ2v) is 6.56. The average Bonchev–Trinajstić information content (AvgIpc) is 2.59. The molecule has 0 saturated carbocycles. The summed E-state index contributed by atoms with van der Waals surface area (Å²) in [5, 5.41) is 21.5. The Balaban J connectivity index is 1.83. The summed E-state index contributed by atoms with van der Waals surface area (Å²) in [4.78, 5) is 16.0. The highest BCUT2D eigenvalue weighted by atomic mass is 32.2. The summed E-state index contributed by atoms with van der Waals surface area (Å²) in [5.74, 6) is 0.216. The fourth-order valence-electron chi connectivity index (χ4n) is 1.83. The molecule has 0 aliphatic carbocycles. The molecule has 0 bridgehead atoms. The zero-order chi connectivity index (χ0) is 19.2. The second-order valence-electron chi connectivity index (χ2n) is 5.00. The zero-order valence-corrected chi connectivity index (χ0v) is 14.1. The van der Waals surface area contributed by atoms with Crippen molar-refractivity contribution in [1.82, 2.24) is 5.39 Å². The molecule has 0 fully saturated rings. The predicted octanol–water partition coefficient (Wildman–Crippen LogP) is 1.56. The number of sulfonamides is 1. The van der Waals surface area contributed by atoms with Crippen LogP contribution in [-0.2, 0) is 32.8 Å². The van der Waals surface area contributed by atoms with Gasteiger partial charge in [-0.3, -0.25) is 10.4 Å². The maximum absolute atomic E-state index is 11.7. The van der Waals surface area contributed by atoms with Gasteiger partial charge in [0.05, 0.1) is 16.9 Å². The largest absolute Gasteiger partial charge is 0.514 e. The van der Waals surface area contributed by atoms with Gasteiger partial charge in [0.2, 0.25) is 10.0 Å². The third kappa shape index (κ3) is 6.40. The Morgan fingerprint density at radius 1 is 0.962 bits per heavy atom. The fourth-order valence-corrected chi connectivity index (χ4v) is 2.34. The molecule has 0 aromatic heterocycles. The van der Waals surface area contributed by atoms with E-state index in [0.717, 1.165) is 0 Å². The van der Waals surface area contributed by atoms with Crippen molar-refractivity contribution >= 4 is 16.2 Å². The van der Waals surface area contributed by atoms with E-state index in [4.69, 9.17) is 25.0 Å². The van der Waals surface area contributed by atoms with Gasteiger partial charge >= 0.3 is 6.16 Å². The van der Waals surface area contributed by atoms with Crippen molar-refractivity contribution in [2.45, 2.75) is 18.1 Å². The number of hydrogen-bond acceptors (Lipinski definition) is 9. The van der Waals surface area contributed by atoms with Gasteiger partial charge in [-0.05, 0) is 35.4 Å². The lowest BCUT2D eigenvalue weighted by atomic mass is 10.2. The van der Waals surface area contributed by atoms with E-state index >= 15 is 0 Å². The van der Waals surface area contributed by atoms with Crippen LogP contribution in [0, 0.1) is 0 Å². The topological polar surface area (TPSA) is 149 Å². The van der Waals surface area contributed by atoms with Gasteiger partial charge < -0.3 is 9.47 Å². The first-order chi connectivity index (χ1) is 12.2. The van der Waals surface area contributed by atoms with Crippen molar-refractivity contribution in [3.8, 4) is 5.75 Å². The Morgan fingerprint density at radius 2 is 1.50 bits per heavy atom. The quantitative estimate of drug-likeness (QED) is 0.367. The monoisotopic (exact) mass is 384 g/mol. The standard InChI is InChI=1S/C15H16N2O8S/c16-26(21,22)14-7-3-11(4-8-14)9-23-15(18)25-13-5-1-12(2-6-13)10-24-17(19)20/h1-8,19-20H,9-10H2,(H2,16,21,22). The molecule has 2 rings (SSSR count). The van der Waals surface area contributed by atoms with Gasteiger partial charge in [-0.2, -0.15) is 0 Å². The van der Waals surface area contributed by atoms with E-state index in [2.05, 4.69) is 4.84 Å². The summed E-state index contributed by atoms with van der Waals surface area (Å²) >= 11 is 0. The molecule has 26 heavy (non-hydrogen) atoms. The van der Waals surface area contributed by atoms with Crippen molar-refractivity contribution in [2.75, 3.05) is 0 Å². The number of nitrogens with zero attached hydrogens (tertiary/aromatic N) is 1. The molecule has 2 aromatic rings. The van der Waals surface area contributed by atoms with Crippen LogP contribution in [0.4, 0.5) is 4.79 Å². The number of carbonyl (C=O) groups excluding carboxylic acids is 1. The molecular formula is C15H16N2O8S. The minimum Gasteiger partial charge on any atom is -0.429 e. The minimum atomic E-state index is -3.78. The Kier molecular flexibility index (Phi) is 6.63. The summed E-state index contributed by atoms with van der Waals surface area (Å²) < 4.78 is 32.2. The average molecular weight is 384 g/mol. The summed E-state index contributed by atoms with van der Waals surface area (Å²) in [7, 11) is -3.78. The van der Waals surface area contributed by atoms with Crippen LogP contribution in [-0.4, -0.2) is 30.4 Å². The third-order valence-electron chi connectivity index (χ3n) is 3.08. The first kappa shape index (κ1) is 19.8. The lowest BCUT2D eigenvalue weighted by molar-refractivity contribution is -0.497. The molecular weight excluding hydrogens is 368 g/mol. The van der Waals surface area contributed by atoms with Crippen LogP contribution in [0.15, 0.2) is 53.4 Å². The molecule has 0 saturated heterocycles. The van der Waals surface area contributed by atoms with Crippen LogP contribution in [0.5, 0.6) is 5.75 Å². The first-order valence-corrected chi connectivity index (χ1v) is 8.65. The molecule has 0 aliphatic rings. The number of hydrogen-bond donors (Lipinski definition) is 3. The highest BCUT2D eigenvalue weighted by Gasteiger charge is 2.09. The lowest BCUT2D eigenvalue weighted by Crippen LogP contribution is -2.14. The van der Waals surface area contributed by atoms with E-state index in [1.807, 2.05) is 0 Å². The normalized spacial score (nSPS) is 11.4. The Bertz CT molecular complexity index is 835. The van der Waals surface area contributed by atoms with Crippen molar-refractivity contribution in [1.29, 1.82) is 0 Å². The highest BCUT2D eigenvalue weighted by molar-refractivity contribution is 7.89. The highest BCUT2D eigenvalue weighted by Crippen LogP contribution is 2.15. The van der Waals surface area contributed by atoms with Crippen LogP contribution in [0.25, 0.3) is 0 Å². The Hall–Kier alpha value is -2.54. The molecule has 0 spiro atoms. The summed E-state index contributed by atoms with van der Waals surface area (Å²) in [5.41, 5.74) is 1.16. The molecule has 0 atom stereocenters. The van der Waals surface area contributed by atoms with Crippen LogP contribution in [0.3, 0.4) is 0 Å². The number of benzene rings is 2. The molecule has 2 aromatic carbocycles. The number of ether oxygens (including phenoxy) is 2.